The van der Waals surface area contributed by atoms with Crippen molar-refractivity contribution in [3.8, 4) is 0 Å². The number of rotatable bonds is 1. The van der Waals surface area contributed by atoms with Gasteiger partial charge in [0, 0.05) is 39.4 Å². The second kappa shape index (κ2) is 3.64. The van der Waals surface area contributed by atoms with Gasteiger partial charge >= 0.3 is 0 Å². The molecule has 3 rings (SSSR count). The van der Waals surface area contributed by atoms with Crippen molar-refractivity contribution in [1.82, 2.24) is 25.1 Å². The molecule has 0 atom stereocenters. The van der Waals surface area contributed by atoms with Crippen molar-refractivity contribution in [1.29, 1.82) is 0 Å². The molecular formula is C10H17N5O. The van der Waals surface area contributed by atoms with Crippen LogP contribution in [0.4, 0.5) is 0 Å². The van der Waals surface area contributed by atoms with E-state index in [2.05, 4.69) is 15.2 Å². The maximum atomic E-state index is 12.2. The van der Waals surface area contributed by atoms with Crippen LogP contribution in [0.2, 0.25) is 0 Å². The molecule has 0 radical (unpaired) electrons. The van der Waals surface area contributed by atoms with Crippen LogP contribution in [-0.2, 0) is 4.79 Å². The zero-order chi connectivity index (χ0) is 11.1. The van der Waals surface area contributed by atoms with Crippen molar-refractivity contribution in [3.05, 3.63) is 11.9 Å². The first-order valence-corrected chi connectivity index (χ1v) is 5.70. The van der Waals surface area contributed by atoms with E-state index in [-0.39, 0.29) is 5.91 Å². The third kappa shape index (κ3) is 1.45. The predicted molar refractivity (Wildman–Crippen MR) is 58.7 cm³/mol. The molecule has 0 spiro atoms. The molecule has 1 N–H and O–H groups in total. The van der Waals surface area contributed by atoms with Crippen LogP contribution >= 0.6 is 0 Å². The number of piperazine rings is 1. The number of hydrogen-bond acceptors (Lipinski definition) is 5. The fourth-order valence-corrected chi connectivity index (χ4v) is 2.46. The lowest BCUT2D eigenvalue weighted by Gasteiger charge is -2.34. The van der Waals surface area contributed by atoms with Gasteiger partial charge in [-0.1, -0.05) is 0 Å². The number of hydrogen-bond donors (Lipinski definition) is 1. The summed E-state index contributed by atoms with van der Waals surface area (Å²) in [6.07, 6.45) is 1.94. The van der Waals surface area contributed by atoms with E-state index < -0.39 is 0 Å². The van der Waals surface area contributed by atoms with E-state index in [1.165, 1.54) is 0 Å². The highest BCUT2D eigenvalue weighted by Crippen LogP contribution is 2.25. The fourth-order valence-electron chi connectivity index (χ4n) is 2.46. The standard InChI is InChI=1S/C10H17N5O/c1-12-6-9-10(16)15(8-13(9)7-12)14-4-2-11-3-5-14/h6,11H,2-5,7-8H2,1H3. The van der Waals surface area contributed by atoms with Gasteiger partial charge in [-0.3, -0.25) is 4.79 Å². The normalized spacial score (nSPS) is 26.4. The Hall–Kier alpha value is -1.27. The lowest BCUT2D eigenvalue weighted by Crippen LogP contribution is -2.53. The Bertz CT molecular complexity index is 336. The number of fused-ring (bicyclic) bond motifs is 1. The zero-order valence-electron chi connectivity index (χ0n) is 9.52. The summed E-state index contributed by atoms with van der Waals surface area (Å²) in [5.41, 5.74) is 0.834. The van der Waals surface area contributed by atoms with Crippen molar-refractivity contribution in [2.75, 3.05) is 46.6 Å². The topological polar surface area (TPSA) is 42.1 Å². The van der Waals surface area contributed by atoms with Crippen LogP contribution in [0.5, 0.6) is 0 Å². The van der Waals surface area contributed by atoms with Gasteiger partial charge in [-0.25, -0.2) is 10.0 Å². The Morgan fingerprint density at radius 1 is 1.25 bits per heavy atom. The maximum absolute atomic E-state index is 12.2. The minimum absolute atomic E-state index is 0.145. The highest BCUT2D eigenvalue weighted by Gasteiger charge is 2.39. The number of hydrazine groups is 1. The van der Waals surface area contributed by atoms with Crippen molar-refractivity contribution in [3.63, 3.8) is 0 Å². The Labute approximate surface area is 95.0 Å². The molecule has 0 bridgehead atoms. The summed E-state index contributed by atoms with van der Waals surface area (Å²) in [7, 11) is 1.99. The van der Waals surface area contributed by atoms with Crippen LogP contribution in [0.3, 0.4) is 0 Å². The number of amides is 1. The molecule has 3 heterocycles. The van der Waals surface area contributed by atoms with E-state index in [0.29, 0.717) is 6.67 Å². The third-order valence-corrected chi connectivity index (χ3v) is 3.27. The Balaban J connectivity index is 1.75. The van der Waals surface area contributed by atoms with Crippen molar-refractivity contribution < 1.29 is 4.79 Å². The second-order valence-electron chi connectivity index (χ2n) is 4.50. The van der Waals surface area contributed by atoms with E-state index in [1.807, 2.05) is 23.2 Å². The molecule has 88 valence electrons. The summed E-state index contributed by atoms with van der Waals surface area (Å²) in [4.78, 5) is 16.3. The van der Waals surface area contributed by atoms with Crippen molar-refractivity contribution in [2.24, 2.45) is 0 Å². The van der Waals surface area contributed by atoms with Gasteiger partial charge in [-0.2, -0.15) is 0 Å². The summed E-state index contributed by atoms with van der Waals surface area (Å²) >= 11 is 0. The molecule has 3 aliphatic rings. The summed E-state index contributed by atoms with van der Waals surface area (Å²) in [5.74, 6) is 0.145. The number of nitrogens with zero attached hydrogens (tertiary/aromatic N) is 4. The third-order valence-electron chi connectivity index (χ3n) is 3.27. The van der Waals surface area contributed by atoms with Gasteiger partial charge in [-0.05, 0) is 0 Å². The summed E-state index contributed by atoms with van der Waals surface area (Å²) < 4.78 is 0. The van der Waals surface area contributed by atoms with Gasteiger partial charge in [0.25, 0.3) is 5.91 Å². The molecule has 0 aliphatic carbocycles. The summed E-state index contributed by atoms with van der Waals surface area (Å²) in [5, 5.41) is 7.32. The van der Waals surface area contributed by atoms with E-state index in [1.54, 1.807) is 0 Å². The minimum Gasteiger partial charge on any atom is -0.361 e. The first kappa shape index (κ1) is 9.92. The van der Waals surface area contributed by atoms with Crippen LogP contribution in [0, 0.1) is 0 Å². The maximum Gasteiger partial charge on any atom is 0.287 e. The highest BCUT2D eigenvalue weighted by atomic mass is 16.2. The quantitative estimate of drug-likeness (QED) is 0.595. The van der Waals surface area contributed by atoms with Crippen molar-refractivity contribution in [2.45, 2.75) is 0 Å². The van der Waals surface area contributed by atoms with E-state index in [4.69, 9.17) is 0 Å². The molecule has 6 nitrogen and oxygen atoms in total. The highest BCUT2D eigenvalue weighted by molar-refractivity contribution is 5.94. The molecule has 0 unspecified atom stereocenters. The first-order valence-electron chi connectivity index (χ1n) is 5.70. The average molecular weight is 223 g/mol. The molecule has 2 fully saturated rings. The van der Waals surface area contributed by atoms with Gasteiger partial charge in [-0.15, -0.1) is 0 Å². The summed E-state index contributed by atoms with van der Waals surface area (Å²) in [6, 6.07) is 0. The van der Waals surface area contributed by atoms with E-state index >= 15 is 0 Å². The SMILES string of the molecule is CN1C=C2C(=O)N(N3CCNCC3)CN2C1. The monoisotopic (exact) mass is 223 g/mol. The molecule has 3 aliphatic heterocycles. The van der Waals surface area contributed by atoms with Crippen LogP contribution in [-0.4, -0.2) is 72.3 Å². The second-order valence-corrected chi connectivity index (χ2v) is 4.50. The predicted octanol–water partition coefficient (Wildman–Crippen LogP) is -1.35. The summed E-state index contributed by atoms with van der Waals surface area (Å²) in [6.45, 7) is 5.29. The van der Waals surface area contributed by atoms with Crippen LogP contribution < -0.4 is 5.32 Å². The Morgan fingerprint density at radius 2 is 2.00 bits per heavy atom. The van der Waals surface area contributed by atoms with Crippen LogP contribution in [0.1, 0.15) is 0 Å². The molecule has 0 aromatic carbocycles. The molecule has 16 heavy (non-hydrogen) atoms. The molecule has 2 saturated heterocycles. The molecular weight excluding hydrogens is 206 g/mol. The Kier molecular flexibility index (Phi) is 2.26. The van der Waals surface area contributed by atoms with Crippen LogP contribution in [0.25, 0.3) is 0 Å². The number of carbonyl (C=O) groups excluding carboxylic acids is 1. The van der Waals surface area contributed by atoms with E-state index in [9.17, 15) is 4.79 Å². The molecule has 6 heteroatoms. The van der Waals surface area contributed by atoms with Gasteiger partial charge in [0.15, 0.2) is 0 Å². The molecule has 0 saturated carbocycles. The van der Waals surface area contributed by atoms with Gasteiger partial charge < -0.3 is 15.1 Å². The zero-order valence-corrected chi connectivity index (χ0v) is 9.52. The molecule has 1 amide bonds. The fraction of sp³-hybridized carbons (Fsp3) is 0.700. The Morgan fingerprint density at radius 3 is 2.69 bits per heavy atom. The van der Waals surface area contributed by atoms with Crippen molar-refractivity contribution >= 4 is 5.91 Å². The number of nitrogens with one attached hydrogen (secondary N) is 1. The van der Waals surface area contributed by atoms with Crippen LogP contribution in [0.15, 0.2) is 11.9 Å². The lowest BCUT2D eigenvalue weighted by molar-refractivity contribution is -0.142. The van der Waals surface area contributed by atoms with Gasteiger partial charge in [0.05, 0.1) is 6.67 Å². The molecule has 0 aromatic heterocycles. The average Bonchev–Trinajstić information content (AvgIpc) is 2.79. The largest absolute Gasteiger partial charge is 0.361 e. The van der Waals surface area contributed by atoms with Gasteiger partial charge in [0.2, 0.25) is 0 Å². The van der Waals surface area contributed by atoms with Gasteiger partial charge in [0.1, 0.15) is 12.4 Å². The minimum atomic E-state index is 0.145. The molecule has 0 aromatic rings. The first-order chi connectivity index (χ1) is 7.75. The number of carbonyl (C=O) groups is 1. The van der Waals surface area contributed by atoms with E-state index in [0.717, 1.165) is 38.5 Å². The lowest BCUT2D eigenvalue weighted by atomic mass is 10.4. The smallest absolute Gasteiger partial charge is 0.287 e.